The number of nitrogens with zero attached hydrogens (tertiary/aromatic N) is 4. The van der Waals surface area contributed by atoms with Crippen molar-refractivity contribution in [3.8, 4) is 6.07 Å². The zero-order valence-electron chi connectivity index (χ0n) is 14.8. The number of nitriles is 1. The molecule has 4 heterocycles. The second-order valence-electron chi connectivity index (χ2n) is 6.86. The smallest absolute Gasteiger partial charge is 0.217 e. The molecule has 1 fully saturated rings. The number of carbonyl (C=O) groups is 1. The number of halogens is 1. The molecular weight excluding hydrogens is 349 g/mol. The quantitative estimate of drug-likeness (QED) is 0.882. The molecule has 0 radical (unpaired) electrons. The molecule has 27 heavy (non-hydrogen) atoms. The topological polar surface area (TPSA) is 91.1 Å². The number of fused-ring (bicyclic) bond motifs is 1. The van der Waals surface area contributed by atoms with Gasteiger partial charge in [-0.25, -0.2) is 9.37 Å². The van der Waals surface area contributed by atoms with Crippen LogP contribution in [0.1, 0.15) is 29.4 Å². The van der Waals surface area contributed by atoms with E-state index in [1.807, 2.05) is 11.0 Å². The van der Waals surface area contributed by atoms with Crippen molar-refractivity contribution >= 4 is 11.7 Å². The summed E-state index contributed by atoms with van der Waals surface area (Å²) in [6.45, 7) is 3.28. The van der Waals surface area contributed by atoms with Gasteiger partial charge < -0.3 is 15.0 Å². The molecule has 0 saturated carbocycles. The highest BCUT2D eigenvalue weighted by molar-refractivity contribution is 5.75. The van der Waals surface area contributed by atoms with Crippen LogP contribution in [0, 0.1) is 17.1 Å². The van der Waals surface area contributed by atoms with Crippen molar-refractivity contribution in [1.29, 1.82) is 5.26 Å². The predicted octanol–water partition coefficient (Wildman–Crippen LogP) is 1.41. The van der Waals surface area contributed by atoms with Gasteiger partial charge in [0, 0.05) is 6.92 Å². The van der Waals surface area contributed by atoms with Crippen LogP contribution >= 0.6 is 0 Å². The summed E-state index contributed by atoms with van der Waals surface area (Å²) >= 11 is 0. The lowest BCUT2D eigenvalue weighted by Crippen LogP contribution is -2.68. The number of pyridine rings is 2. The number of amides is 1. The van der Waals surface area contributed by atoms with Gasteiger partial charge in [0.1, 0.15) is 23.2 Å². The number of rotatable bonds is 3. The van der Waals surface area contributed by atoms with Gasteiger partial charge in [-0.2, -0.15) is 5.26 Å². The summed E-state index contributed by atoms with van der Waals surface area (Å²) in [7, 11) is 0. The Balaban J connectivity index is 1.65. The molecule has 1 amide bonds. The van der Waals surface area contributed by atoms with E-state index < -0.39 is 11.4 Å². The van der Waals surface area contributed by atoms with E-state index >= 15 is 0 Å². The van der Waals surface area contributed by atoms with E-state index in [0.29, 0.717) is 43.4 Å². The number of carbonyl (C=O) groups excluding carboxylic acids is 1. The Morgan fingerprint density at radius 2 is 2.26 bits per heavy atom. The van der Waals surface area contributed by atoms with Crippen molar-refractivity contribution < 1.29 is 13.9 Å². The Labute approximate surface area is 155 Å². The molecule has 2 aromatic heterocycles. The van der Waals surface area contributed by atoms with Crippen LogP contribution < -0.4 is 10.2 Å². The first-order chi connectivity index (χ1) is 13.0. The first-order valence-electron chi connectivity index (χ1n) is 8.67. The molecule has 0 atom stereocenters. The van der Waals surface area contributed by atoms with E-state index in [9.17, 15) is 14.4 Å². The normalized spacial score (nSPS) is 17.4. The Morgan fingerprint density at radius 1 is 1.44 bits per heavy atom. The maximum atomic E-state index is 13.2. The third kappa shape index (κ3) is 3.11. The van der Waals surface area contributed by atoms with Gasteiger partial charge in [0.25, 0.3) is 0 Å². The summed E-state index contributed by atoms with van der Waals surface area (Å²) in [5, 5.41) is 12.5. The maximum absolute atomic E-state index is 13.2. The molecule has 0 aromatic carbocycles. The van der Waals surface area contributed by atoms with Crippen LogP contribution in [0.3, 0.4) is 0 Å². The average molecular weight is 367 g/mol. The summed E-state index contributed by atoms with van der Waals surface area (Å²) in [5.41, 5.74) is 2.22. The van der Waals surface area contributed by atoms with Crippen molar-refractivity contribution in [3.63, 3.8) is 0 Å². The molecule has 4 rings (SSSR count). The van der Waals surface area contributed by atoms with Crippen LogP contribution in [0.2, 0.25) is 0 Å². The van der Waals surface area contributed by atoms with Gasteiger partial charge >= 0.3 is 0 Å². The molecule has 138 valence electrons. The number of anilines is 1. The summed E-state index contributed by atoms with van der Waals surface area (Å²) in [4.78, 5) is 22.4. The molecule has 0 unspecified atom stereocenters. The molecule has 2 aromatic rings. The third-order valence-corrected chi connectivity index (χ3v) is 4.90. The highest BCUT2D eigenvalue weighted by Crippen LogP contribution is 2.36. The molecule has 7 nitrogen and oxygen atoms in total. The second-order valence-corrected chi connectivity index (χ2v) is 6.86. The maximum Gasteiger partial charge on any atom is 0.217 e. The molecule has 0 spiro atoms. The first-order valence-corrected chi connectivity index (χ1v) is 8.67. The summed E-state index contributed by atoms with van der Waals surface area (Å²) in [6.07, 6.45) is 1.88. The van der Waals surface area contributed by atoms with E-state index in [2.05, 4.69) is 21.4 Å². The molecule has 2 aliphatic heterocycles. The third-order valence-electron chi connectivity index (χ3n) is 4.90. The highest BCUT2D eigenvalue weighted by atomic mass is 19.1. The zero-order valence-corrected chi connectivity index (χ0v) is 14.8. The van der Waals surface area contributed by atoms with Gasteiger partial charge in [0.2, 0.25) is 5.91 Å². The van der Waals surface area contributed by atoms with Crippen LogP contribution in [0.15, 0.2) is 24.4 Å². The summed E-state index contributed by atoms with van der Waals surface area (Å²) < 4.78 is 18.7. The van der Waals surface area contributed by atoms with Crippen molar-refractivity contribution in [2.45, 2.75) is 25.5 Å². The van der Waals surface area contributed by atoms with Crippen molar-refractivity contribution in [1.82, 2.24) is 15.3 Å². The zero-order chi connectivity index (χ0) is 19.0. The minimum absolute atomic E-state index is 0.201. The first kappa shape index (κ1) is 17.4. The monoisotopic (exact) mass is 367 g/mol. The van der Waals surface area contributed by atoms with Gasteiger partial charge in [0.05, 0.1) is 49.5 Å². The highest BCUT2D eigenvalue weighted by Gasteiger charge is 2.47. The van der Waals surface area contributed by atoms with Gasteiger partial charge in [-0.15, -0.1) is 0 Å². The van der Waals surface area contributed by atoms with E-state index in [1.165, 1.54) is 13.0 Å². The summed E-state index contributed by atoms with van der Waals surface area (Å²) in [6, 6.07) is 6.98. The fraction of sp³-hybridized carbons (Fsp3) is 0.368. The predicted molar refractivity (Wildman–Crippen MR) is 94.2 cm³/mol. The molecule has 0 aliphatic carbocycles. The Kier molecular flexibility index (Phi) is 4.24. The van der Waals surface area contributed by atoms with Gasteiger partial charge in [-0.05, 0) is 30.2 Å². The molecule has 0 bridgehead atoms. The molecule has 1 saturated heterocycles. The van der Waals surface area contributed by atoms with Crippen molar-refractivity contribution in [3.05, 3.63) is 52.7 Å². The lowest BCUT2D eigenvalue weighted by molar-refractivity contribution is -0.121. The lowest BCUT2D eigenvalue weighted by atomic mass is 9.85. The summed E-state index contributed by atoms with van der Waals surface area (Å²) in [5.74, 6) is -0.0612. The second kappa shape index (κ2) is 6.59. The van der Waals surface area contributed by atoms with Crippen LogP contribution in [-0.2, 0) is 28.1 Å². The number of hydrogen-bond donors (Lipinski definition) is 1. The fourth-order valence-corrected chi connectivity index (χ4v) is 3.65. The molecule has 8 heteroatoms. The number of hydrogen-bond acceptors (Lipinski definition) is 6. The standard InChI is InChI=1S/C19H18FN5O2/c1-12(26)24-19(17-3-2-15(20)8-22-17)10-25(11-19)18-14(7-21)6-13-4-5-27-9-16(13)23-18/h2-3,6,8H,4-5,9-11H2,1H3,(H,24,26). The van der Waals surface area contributed by atoms with Crippen LogP contribution in [0.25, 0.3) is 0 Å². The Hall–Kier alpha value is -3.05. The fourth-order valence-electron chi connectivity index (χ4n) is 3.65. The van der Waals surface area contributed by atoms with Crippen LogP contribution in [-0.4, -0.2) is 35.6 Å². The van der Waals surface area contributed by atoms with Gasteiger partial charge in [-0.1, -0.05) is 0 Å². The van der Waals surface area contributed by atoms with Crippen LogP contribution in [0.4, 0.5) is 10.2 Å². The SMILES string of the molecule is CC(=O)NC1(c2ccc(F)cn2)CN(c2nc3c(cc2C#N)CCOC3)C1. The molecular formula is C19H18FN5O2. The number of ether oxygens (including phenoxy) is 1. The molecule has 1 N–H and O–H groups in total. The van der Waals surface area contributed by atoms with Crippen LogP contribution in [0.5, 0.6) is 0 Å². The number of aromatic nitrogens is 2. The lowest BCUT2D eigenvalue weighted by Gasteiger charge is -2.50. The van der Waals surface area contributed by atoms with E-state index in [0.717, 1.165) is 23.9 Å². The van der Waals surface area contributed by atoms with Crippen molar-refractivity contribution in [2.24, 2.45) is 0 Å². The minimum Gasteiger partial charge on any atom is -0.375 e. The largest absolute Gasteiger partial charge is 0.375 e. The van der Waals surface area contributed by atoms with E-state index in [1.54, 1.807) is 6.07 Å². The minimum atomic E-state index is -0.736. The van der Waals surface area contributed by atoms with Gasteiger partial charge in [-0.3, -0.25) is 9.78 Å². The van der Waals surface area contributed by atoms with Crippen molar-refractivity contribution in [2.75, 3.05) is 24.6 Å². The Morgan fingerprint density at radius 3 is 2.93 bits per heavy atom. The van der Waals surface area contributed by atoms with Gasteiger partial charge in [0.15, 0.2) is 0 Å². The van der Waals surface area contributed by atoms with E-state index in [-0.39, 0.29) is 5.91 Å². The average Bonchev–Trinajstić information content (AvgIpc) is 2.63. The molecule has 2 aliphatic rings. The number of nitrogens with one attached hydrogen (secondary N) is 1. The Bertz CT molecular complexity index is 932. The van der Waals surface area contributed by atoms with E-state index in [4.69, 9.17) is 4.74 Å².